The first kappa shape index (κ1) is 17.6. The predicted molar refractivity (Wildman–Crippen MR) is 75.6 cm³/mol. The number of nitriles is 1. The number of likely N-dealkylation sites (tertiary alicyclic amines) is 1. The fourth-order valence-electron chi connectivity index (χ4n) is 2.32. The zero-order valence-corrected chi connectivity index (χ0v) is 12.4. The second-order valence-corrected chi connectivity index (χ2v) is 5.45. The molecule has 1 aromatic rings. The Morgan fingerprint density at radius 1 is 1.42 bits per heavy atom. The molecule has 0 unspecified atom stereocenters. The molecule has 6 nitrogen and oxygen atoms in total. The number of rotatable bonds is 4. The highest BCUT2D eigenvalue weighted by Crippen LogP contribution is 2.31. The summed E-state index contributed by atoms with van der Waals surface area (Å²) in [4.78, 5) is 24.3. The molecule has 0 aliphatic carbocycles. The molecule has 128 valence electrons. The predicted octanol–water partition coefficient (Wildman–Crippen LogP) is 2.39. The largest absolute Gasteiger partial charge is 0.481 e. The van der Waals surface area contributed by atoms with E-state index in [0.717, 1.165) is 18.2 Å². The van der Waals surface area contributed by atoms with Crippen LogP contribution in [0.15, 0.2) is 24.3 Å². The zero-order chi connectivity index (χ0) is 17.9. The summed E-state index contributed by atoms with van der Waals surface area (Å²) < 4.78 is 38.4. The summed E-state index contributed by atoms with van der Waals surface area (Å²) in [7, 11) is 0. The number of carboxylic acids is 1. The smallest absolute Gasteiger partial charge is 0.416 e. The number of nitrogens with zero attached hydrogens (tertiary/aromatic N) is 2. The van der Waals surface area contributed by atoms with E-state index in [1.54, 1.807) is 0 Å². The van der Waals surface area contributed by atoms with Gasteiger partial charge in [0.25, 0.3) is 0 Å². The fourth-order valence-corrected chi connectivity index (χ4v) is 2.32. The number of amides is 2. The van der Waals surface area contributed by atoms with Gasteiger partial charge in [-0.3, -0.25) is 4.79 Å². The Morgan fingerprint density at radius 2 is 2.08 bits per heavy atom. The summed E-state index contributed by atoms with van der Waals surface area (Å²) >= 11 is 0. The Bertz CT molecular complexity index is 679. The molecule has 1 atom stereocenters. The standard InChI is InChI=1S/C15H14F3N3O3/c16-15(17,18)11-3-1-2-10(4-11)12(5-13(22)23)20-14(24)21-7-9(6-19)8-21/h1-4,9,12H,5,7-8H2,(H,20,24)(H,22,23)/t12-/m1/s1. The second-order valence-electron chi connectivity index (χ2n) is 5.45. The third-order valence-electron chi connectivity index (χ3n) is 3.64. The van der Waals surface area contributed by atoms with Crippen LogP contribution in [0.2, 0.25) is 0 Å². The van der Waals surface area contributed by atoms with E-state index in [1.165, 1.54) is 11.0 Å². The number of alkyl halides is 3. The van der Waals surface area contributed by atoms with Gasteiger partial charge in [0.2, 0.25) is 0 Å². The van der Waals surface area contributed by atoms with Gasteiger partial charge < -0.3 is 15.3 Å². The van der Waals surface area contributed by atoms with E-state index in [1.807, 2.05) is 6.07 Å². The molecule has 2 N–H and O–H groups in total. The van der Waals surface area contributed by atoms with Crippen molar-refractivity contribution in [3.8, 4) is 6.07 Å². The van der Waals surface area contributed by atoms with Crippen LogP contribution in [-0.2, 0) is 11.0 Å². The molecule has 1 aliphatic heterocycles. The van der Waals surface area contributed by atoms with Crippen molar-refractivity contribution in [2.75, 3.05) is 13.1 Å². The molecular formula is C15H14F3N3O3. The molecule has 0 spiro atoms. The molecule has 24 heavy (non-hydrogen) atoms. The molecule has 2 amide bonds. The molecule has 1 saturated heterocycles. The van der Waals surface area contributed by atoms with Crippen LogP contribution >= 0.6 is 0 Å². The van der Waals surface area contributed by atoms with Crippen LogP contribution in [0, 0.1) is 17.2 Å². The van der Waals surface area contributed by atoms with Crippen LogP contribution in [0.1, 0.15) is 23.6 Å². The molecule has 9 heteroatoms. The van der Waals surface area contributed by atoms with Gasteiger partial charge in [0.05, 0.1) is 30.0 Å². The summed E-state index contributed by atoms with van der Waals surface area (Å²) in [6.07, 6.45) is -5.12. The van der Waals surface area contributed by atoms with E-state index in [9.17, 15) is 22.8 Å². The van der Waals surface area contributed by atoms with Crippen molar-refractivity contribution in [1.29, 1.82) is 5.26 Å². The maximum Gasteiger partial charge on any atom is 0.416 e. The summed E-state index contributed by atoms with van der Waals surface area (Å²) in [6.45, 7) is 0.426. The van der Waals surface area contributed by atoms with E-state index in [4.69, 9.17) is 10.4 Å². The van der Waals surface area contributed by atoms with E-state index in [2.05, 4.69) is 5.32 Å². The van der Waals surface area contributed by atoms with Gasteiger partial charge >= 0.3 is 18.2 Å². The highest BCUT2D eigenvalue weighted by Gasteiger charge is 2.34. The van der Waals surface area contributed by atoms with Gasteiger partial charge in [-0.05, 0) is 17.7 Å². The van der Waals surface area contributed by atoms with Crippen molar-refractivity contribution < 1.29 is 27.9 Å². The van der Waals surface area contributed by atoms with Crippen molar-refractivity contribution in [2.45, 2.75) is 18.6 Å². The summed E-state index contributed by atoms with van der Waals surface area (Å²) in [5.41, 5.74) is -0.865. The topological polar surface area (TPSA) is 93.4 Å². The van der Waals surface area contributed by atoms with Crippen molar-refractivity contribution >= 4 is 12.0 Å². The van der Waals surface area contributed by atoms with E-state index in [-0.39, 0.29) is 24.6 Å². The lowest BCUT2D eigenvalue weighted by Crippen LogP contribution is -2.54. The molecule has 1 aromatic carbocycles. The molecule has 0 bridgehead atoms. The van der Waals surface area contributed by atoms with Crippen molar-refractivity contribution in [3.63, 3.8) is 0 Å². The number of aliphatic carboxylic acids is 1. The van der Waals surface area contributed by atoms with Crippen LogP contribution in [0.25, 0.3) is 0 Å². The molecule has 2 rings (SSSR count). The zero-order valence-electron chi connectivity index (χ0n) is 12.4. The molecule has 0 radical (unpaired) electrons. The Balaban J connectivity index is 2.15. The number of hydrogen-bond donors (Lipinski definition) is 2. The first-order valence-corrected chi connectivity index (χ1v) is 7.04. The van der Waals surface area contributed by atoms with E-state index < -0.39 is 36.2 Å². The molecule has 1 aliphatic rings. The van der Waals surface area contributed by atoms with Crippen LogP contribution in [0.4, 0.5) is 18.0 Å². The van der Waals surface area contributed by atoms with Crippen LogP contribution in [-0.4, -0.2) is 35.1 Å². The maximum absolute atomic E-state index is 12.8. The number of hydrogen-bond acceptors (Lipinski definition) is 3. The number of nitrogens with one attached hydrogen (secondary N) is 1. The number of halogens is 3. The summed E-state index contributed by atoms with van der Waals surface area (Å²) in [5.74, 6) is -1.53. The highest BCUT2D eigenvalue weighted by molar-refractivity contribution is 5.77. The monoisotopic (exact) mass is 341 g/mol. The van der Waals surface area contributed by atoms with Gasteiger partial charge in [0, 0.05) is 13.1 Å². The molecule has 0 aromatic heterocycles. The average Bonchev–Trinajstić information content (AvgIpc) is 2.44. The molecule has 1 fully saturated rings. The maximum atomic E-state index is 12.8. The van der Waals surface area contributed by atoms with Gasteiger partial charge in [-0.25, -0.2) is 4.79 Å². The van der Waals surface area contributed by atoms with Gasteiger partial charge in [-0.1, -0.05) is 12.1 Å². The SMILES string of the molecule is N#CC1CN(C(=O)N[C@H](CC(=O)O)c2cccc(C(F)(F)F)c2)C1. The van der Waals surface area contributed by atoms with Gasteiger partial charge in [0.1, 0.15) is 0 Å². The summed E-state index contributed by atoms with van der Waals surface area (Å²) in [6, 6.07) is 4.47. The minimum Gasteiger partial charge on any atom is -0.481 e. The van der Waals surface area contributed by atoms with Crippen LogP contribution < -0.4 is 5.32 Å². The second kappa shape index (κ2) is 6.78. The minimum absolute atomic E-state index is 0.0536. The lowest BCUT2D eigenvalue weighted by atomic mass is 10.00. The Morgan fingerprint density at radius 3 is 2.62 bits per heavy atom. The fraction of sp³-hybridized carbons (Fsp3) is 0.400. The van der Waals surface area contributed by atoms with Crippen LogP contribution in [0.5, 0.6) is 0 Å². The number of urea groups is 1. The number of carbonyl (C=O) groups excluding carboxylic acids is 1. The number of carboxylic acid groups (broad SMARTS) is 1. The van der Waals surface area contributed by atoms with E-state index in [0.29, 0.717) is 0 Å². The van der Waals surface area contributed by atoms with Crippen LogP contribution in [0.3, 0.4) is 0 Å². The average molecular weight is 341 g/mol. The van der Waals surface area contributed by atoms with Crippen molar-refractivity contribution in [1.82, 2.24) is 10.2 Å². The van der Waals surface area contributed by atoms with E-state index >= 15 is 0 Å². The van der Waals surface area contributed by atoms with Gasteiger partial charge in [-0.2, -0.15) is 18.4 Å². The third-order valence-corrected chi connectivity index (χ3v) is 3.64. The lowest BCUT2D eigenvalue weighted by Gasteiger charge is -2.36. The molecule has 1 heterocycles. The number of carbonyl (C=O) groups is 2. The normalized spacial score (nSPS) is 16.0. The van der Waals surface area contributed by atoms with Crippen molar-refractivity contribution in [2.24, 2.45) is 5.92 Å². The lowest BCUT2D eigenvalue weighted by molar-refractivity contribution is -0.138. The first-order chi connectivity index (χ1) is 11.2. The minimum atomic E-state index is -4.56. The summed E-state index contributed by atoms with van der Waals surface area (Å²) in [5, 5.41) is 20.0. The van der Waals surface area contributed by atoms with Crippen molar-refractivity contribution in [3.05, 3.63) is 35.4 Å². The third kappa shape index (κ3) is 4.16. The Kier molecular flexibility index (Phi) is 4.97. The highest BCUT2D eigenvalue weighted by atomic mass is 19.4. The van der Waals surface area contributed by atoms with Gasteiger partial charge in [-0.15, -0.1) is 0 Å². The molecular weight excluding hydrogens is 327 g/mol. The quantitative estimate of drug-likeness (QED) is 0.879. The van der Waals surface area contributed by atoms with Gasteiger partial charge in [0.15, 0.2) is 0 Å². The molecule has 0 saturated carbocycles. The Labute approximate surface area is 135 Å². The Hall–Kier alpha value is -2.76. The first-order valence-electron chi connectivity index (χ1n) is 7.04. The number of benzene rings is 1.